The summed E-state index contributed by atoms with van der Waals surface area (Å²) in [5.74, 6) is 0.639. The molecule has 1 aliphatic rings. The Morgan fingerprint density at radius 2 is 1.94 bits per heavy atom. The van der Waals surface area contributed by atoms with Gasteiger partial charge < -0.3 is 0 Å². The molecule has 1 heteroatoms. The number of hydrogen-bond donors (Lipinski definition) is 0. The van der Waals surface area contributed by atoms with Crippen molar-refractivity contribution >= 4 is 10.8 Å². The minimum Gasteiger partial charge on any atom is -0.295 e. The van der Waals surface area contributed by atoms with Gasteiger partial charge >= 0.3 is 0 Å². The van der Waals surface area contributed by atoms with Gasteiger partial charge in [0.2, 0.25) is 0 Å². The van der Waals surface area contributed by atoms with Crippen LogP contribution in [-0.4, -0.2) is 18.0 Å². The van der Waals surface area contributed by atoms with Crippen LogP contribution in [0.15, 0.2) is 54.6 Å². The molecule has 0 bridgehead atoms. The van der Waals surface area contributed by atoms with Crippen molar-refractivity contribution in [1.82, 2.24) is 4.90 Å². The van der Waals surface area contributed by atoms with Crippen LogP contribution < -0.4 is 0 Å². The largest absolute Gasteiger partial charge is 0.295 e. The quantitative estimate of drug-likeness (QED) is 0.717. The van der Waals surface area contributed by atoms with Gasteiger partial charge in [-0.1, -0.05) is 61.5 Å². The van der Waals surface area contributed by atoms with Gasteiger partial charge in [-0.05, 0) is 22.3 Å². The van der Waals surface area contributed by atoms with Crippen molar-refractivity contribution in [3.05, 3.63) is 60.2 Å². The maximum absolute atomic E-state index is 4.15. The van der Waals surface area contributed by atoms with Crippen molar-refractivity contribution < 1.29 is 0 Å². The maximum atomic E-state index is 4.15. The van der Waals surface area contributed by atoms with Crippen LogP contribution in [-0.2, 0) is 6.54 Å². The SMILES string of the molecule is C=C1CN(Cc2cccc3ccccc23)CC1C. The third-order valence-corrected chi connectivity index (χ3v) is 3.93. The summed E-state index contributed by atoms with van der Waals surface area (Å²) in [6.07, 6.45) is 0. The first-order chi connectivity index (χ1) is 8.74. The second kappa shape index (κ2) is 4.58. The Bertz CT molecular complexity index is 580. The topological polar surface area (TPSA) is 3.24 Å². The van der Waals surface area contributed by atoms with Crippen molar-refractivity contribution in [2.75, 3.05) is 13.1 Å². The zero-order chi connectivity index (χ0) is 12.5. The van der Waals surface area contributed by atoms with E-state index in [1.54, 1.807) is 0 Å². The van der Waals surface area contributed by atoms with Crippen LogP contribution in [0.5, 0.6) is 0 Å². The summed E-state index contributed by atoms with van der Waals surface area (Å²) in [5.41, 5.74) is 2.80. The second-order valence-electron chi connectivity index (χ2n) is 5.37. The molecule has 18 heavy (non-hydrogen) atoms. The highest BCUT2D eigenvalue weighted by molar-refractivity contribution is 5.85. The molecule has 3 rings (SSSR count). The van der Waals surface area contributed by atoms with Gasteiger partial charge in [0.05, 0.1) is 0 Å². The molecule has 1 unspecified atom stereocenters. The fourth-order valence-electron chi connectivity index (χ4n) is 2.82. The van der Waals surface area contributed by atoms with E-state index in [2.05, 4.69) is 60.9 Å². The Kier molecular flexibility index (Phi) is 2.92. The van der Waals surface area contributed by atoms with Gasteiger partial charge in [0.1, 0.15) is 0 Å². The molecule has 1 atom stereocenters. The molecule has 1 saturated heterocycles. The summed E-state index contributed by atoms with van der Waals surface area (Å²) in [6, 6.07) is 15.2. The van der Waals surface area contributed by atoms with Crippen molar-refractivity contribution in [2.45, 2.75) is 13.5 Å². The van der Waals surface area contributed by atoms with E-state index in [0.29, 0.717) is 5.92 Å². The summed E-state index contributed by atoms with van der Waals surface area (Å²) >= 11 is 0. The van der Waals surface area contributed by atoms with Crippen molar-refractivity contribution in [2.24, 2.45) is 5.92 Å². The van der Waals surface area contributed by atoms with Crippen LogP contribution in [0.4, 0.5) is 0 Å². The standard InChI is InChI=1S/C17H19N/c1-13-10-18(11-14(13)2)12-16-8-5-7-15-6-3-4-9-17(15)16/h3-9,14H,1,10-12H2,2H3. The number of likely N-dealkylation sites (tertiary alicyclic amines) is 1. The van der Waals surface area contributed by atoms with Crippen molar-refractivity contribution in [1.29, 1.82) is 0 Å². The minimum absolute atomic E-state index is 0.639. The number of hydrogen-bond acceptors (Lipinski definition) is 1. The van der Waals surface area contributed by atoms with E-state index in [0.717, 1.165) is 19.6 Å². The lowest BCUT2D eigenvalue weighted by Crippen LogP contribution is -2.19. The molecule has 92 valence electrons. The fourth-order valence-corrected chi connectivity index (χ4v) is 2.82. The van der Waals surface area contributed by atoms with E-state index in [-0.39, 0.29) is 0 Å². The summed E-state index contributed by atoms with van der Waals surface area (Å²) < 4.78 is 0. The van der Waals surface area contributed by atoms with Gasteiger partial charge in [-0.3, -0.25) is 4.90 Å². The molecule has 0 aliphatic carbocycles. The van der Waals surface area contributed by atoms with Crippen LogP contribution in [0.1, 0.15) is 12.5 Å². The highest BCUT2D eigenvalue weighted by atomic mass is 15.1. The van der Waals surface area contributed by atoms with E-state index in [4.69, 9.17) is 0 Å². The molecule has 1 nitrogen and oxygen atoms in total. The molecule has 0 aromatic heterocycles. The van der Waals surface area contributed by atoms with E-state index in [9.17, 15) is 0 Å². The zero-order valence-electron chi connectivity index (χ0n) is 10.9. The lowest BCUT2D eigenvalue weighted by Gasteiger charge is -2.16. The lowest BCUT2D eigenvalue weighted by atomic mass is 10.0. The molecule has 2 aromatic carbocycles. The fraction of sp³-hybridized carbons (Fsp3) is 0.294. The number of rotatable bonds is 2. The van der Waals surface area contributed by atoms with Crippen LogP contribution >= 0.6 is 0 Å². The molecule has 0 N–H and O–H groups in total. The molecule has 1 aliphatic heterocycles. The van der Waals surface area contributed by atoms with Gasteiger partial charge in [-0.15, -0.1) is 0 Å². The molecular formula is C17H19N. The second-order valence-corrected chi connectivity index (χ2v) is 5.37. The Balaban J connectivity index is 1.89. The summed E-state index contributed by atoms with van der Waals surface area (Å²) in [6.45, 7) is 9.64. The molecular weight excluding hydrogens is 218 g/mol. The van der Waals surface area contributed by atoms with E-state index >= 15 is 0 Å². The molecule has 1 heterocycles. The molecule has 2 aromatic rings. The van der Waals surface area contributed by atoms with E-state index in [1.165, 1.54) is 21.9 Å². The van der Waals surface area contributed by atoms with E-state index < -0.39 is 0 Å². The zero-order valence-corrected chi connectivity index (χ0v) is 10.9. The molecule has 0 spiro atoms. The average molecular weight is 237 g/mol. The molecule has 0 amide bonds. The maximum Gasteiger partial charge on any atom is 0.0243 e. The Labute approximate surface area is 109 Å². The third kappa shape index (κ3) is 2.06. The minimum atomic E-state index is 0.639. The Hall–Kier alpha value is -1.60. The predicted molar refractivity (Wildman–Crippen MR) is 77.5 cm³/mol. The van der Waals surface area contributed by atoms with Crippen LogP contribution in [0.3, 0.4) is 0 Å². The summed E-state index contributed by atoms with van der Waals surface area (Å²) in [5, 5.41) is 2.71. The highest BCUT2D eigenvalue weighted by Gasteiger charge is 2.22. The number of nitrogens with zero attached hydrogens (tertiary/aromatic N) is 1. The van der Waals surface area contributed by atoms with Crippen LogP contribution in [0.2, 0.25) is 0 Å². The average Bonchev–Trinajstić information content (AvgIpc) is 2.69. The monoisotopic (exact) mass is 237 g/mol. The lowest BCUT2D eigenvalue weighted by molar-refractivity contribution is 0.323. The Morgan fingerprint density at radius 3 is 2.72 bits per heavy atom. The summed E-state index contributed by atoms with van der Waals surface area (Å²) in [4.78, 5) is 2.49. The molecule has 0 radical (unpaired) electrons. The smallest absolute Gasteiger partial charge is 0.0243 e. The normalized spacial score (nSPS) is 20.7. The van der Waals surface area contributed by atoms with Crippen LogP contribution in [0, 0.1) is 5.92 Å². The molecule has 1 fully saturated rings. The first kappa shape index (κ1) is 11.5. The Morgan fingerprint density at radius 1 is 1.17 bits per heavy atom. The van der Waals surface area contributed by atoms with Crippen molar-refractivity contribution in [3.63, 3.8) is 0 Å². The predicted octanol–water partition coefficient (Wildman–Crippen LogP) is 3.85. The van der Waals surface area contributed by atoms with E-state index in [1.807, 2.05) is 0 Å². The first-order valence-corrected chi connectivity index (χ1v) is 6.60. The van der Waals surface area contributed by atoms with Gasteiger partial charge in [0, 0.05) is 19.6 Å². The number of benzene rings is 2. The van der Waals surface area contributed by atoms with Crippen LogP contribution in [0.25, 0.3) is 10.8 Å². The third-order valence-electron chi connectivity index (χ3n) is 3.93. The highest BCUT2D eigenvalue weighted by Crippen LogP contribution is 2.25. The first-order valence-electron chi connectivity index (χ1n) is 6.60. The molecule has 0 saturated carbocycles. The van der Waals surface area contributed by atoms with Gasteiger partial charge in [0.15, 0.2) is 0 Å². The summed E-state index contributed by atoms with van der Waals surface area (Å²) in [7, 11) is 0. The van der Waals surface area contributed by atoms with Crippen molar-refractivity contribution in [3.8, 4) is 0 Å². The van der Waals surface area contributed by atoms with Gasteiger partial charge in [-0.2, -0.15) is 0 Å². The van der Waals surface area contributed by atoms with Gasteiger partial charge in [-0.25, -0.2) is 0 Å². The number of fused-ring (bicyclic) bond motifs is 1. The van der Waals surface area contributed by atoms with Gasteiger partial charge in [0.25, 0.3) is 0 Å².